The number of benzene rings is 1. The van der Waals surface area contributed by atoms with E-state index in [1.165, 1.54) is 10.9 Å². The highest BCUT2D eigenvalue weighted by atomic mass is 79.9. The predicted molar refractivity (Wildman–Crippen MR) is 89.8 cm³/mol. The van der Waals surface area contributed by atoms with Gasteiger partial charge >= 0.3 is 0 Å². The fourth-order valence-corrected chi connectivity index (χ4v) is 3.39. The van der Waals surface area contributed by atoms with Crippen LogP contribution in [-0.4, -0.2) is 11.5 Å². The molecule has 2 rings (SSSR count). The smallest absolute Gasteiger partial charge is 0.273 e. The molecule has 1 N–H and O–H groups in total. The second-order valence-electron chi connectivity index (χ2n) is 5.49. The highest BCUT2D eigenvalue weighted by Gasteiger charge is 2.22. The molecule has 0 aliphatic heterocycles. The summed E-state index contributed by atoms with van der Waals surface area (Å²) in [6.07, 6.45) is 0. The molecule has 4 nitrogen and oxygen atoms in total. The summed E-state index contributed by atoms with van der Waals surface area (Å²) in [7, 11) is 0. The summed E-state index contributed by atoms with van der Waals surface area (Å²) >= 11 is 5.09. The van der Waals surface area contributed by atoms with Crippen molar-refractivity contribution >= 4 is 33.0 Å². The molecule has 0 aliphatic rings. The maximum Gasteiger partial charge on any atom is 0.273 e. The van der Waals surface area contributed by atoms with E-state index in [0.29, 0.717) is 12.1 Å². The van der Waals surface area contributed by atoms with Crippen molar-refractivity contribution < 1.29 is 4.92 Å². The van der Waals surface area contributed by atoms with Crippen molar-refractivity contribution in [3.05, 3.63) is 60.7 Å². The molecule has 0 fully saturated rings. The Morgan fingerprint density at radius 2 is 2.14 bits per heavy atom. The molecule has 0 atom stereocenters. The van der Waals surface area contributed by atoms with Crippen LogP contribution in [0.15, 0.2) is 40.2 Å². The predicted octanol–water partition coefficient (Wildman–Crippen LogP) is 4.49. The van der Waals surface area contributed by atoms with E-state index in [1.807, 2.05) is 6.07 Å². The highest BCUT2D eigenvalue weighted by molar-refractivity contribution is 9.10. The number of thiophene rings is 1. The fourth-order valence-electron chi connectivity index (χ4n) is 2.13. The quantitative estimate of drug-likeness (QED) is 0.603. The van der Waals surface area contributed by atoms with Crippen molar-refractivity contribution in [1.29, 1.82) is 0 Å². The number of nitrogens with one attached hydrogen (secondary N) is 1. The van der Waals surface area contributed by atoms with Crippen molar-refractivity contribution in [3.8, 4) is 0 Å². The van der Waals surface area contributed by atoms with Gasteiger partial charge in [0.15, 0.2) is 0 Å². The lowest BCUT2D eigenvalue weighted by Gasteiger charge is -2.23. The zero-order valence-corrected chi connectivity index (χ0v) is 14.3. The zero-order valence-electron chi connectivity index (χ0n) is 11.9. The first kappa shape index (κ1) is 16.1. The summed E-state index contributed by atoms with van der Waals surface area (Å²) < 4.78 is 0.849. The Bertz CT molecular complexity index is 627. The monoisotopic (exact) mass is 368 g/mol. The van der Waals surface area contributed by atoms with Crippen molar-refractivity contribution in [2.24, 2.45) is 0 Å². The molecule has 0 saturated heterocycles. The molecular formula is C15H17BrN2O2S. The van der Waals surface area contributed by atoms with Crippen molar-refractivity contribution in [3.63, 3.8) is 0 Å². The van der Waals surface area contributed by atoms with Crippen LogP contribution >= 0.6 is 27.3 Å². The maximum atomic E-state index is 11.0. The van der Waals surface area contributed by atoms with Crippen LogP contribution in [0.4, 0.5) is 5.69 Å². The molecule has 0 spiro atoms. The third kappa shape index (κ3) is 4.12. The first-order valence-electron chi connectivity index (χ1n) is 6.58. The van der Waals surface area contributed by atoms with E-state index in [1.54, 1.807) is 23.5 Å². The van der Waals surface area contributed by atoms with E-state index in [9.17, 15) is 10.1 Å². The van der Waals surface area contributed by atoms with Crippen LogP contribution in [0, 0.1) is 10.1 Å². The number of nitro groups is 1. The number of rotatable bonds is 6. The van der Waals surface area contributed by atoms with Gasteiger partial charge in [0.2, 0.25) is 0 Å². The lowest BCUT2D eigenvalue weighted by molar-refractivity contribution is -0.385. The normalized spacial score (nSPS) is 11.6. The number of hydrogen-bond donors (Lipinski definition) is 1. The van der Waals surface area contributed by atoms with Crippen molar-refractivity contribution in [1.82, 2.24) is 5.32 Å². The lowest BCUT2D eigenvalue weighted by Crippen LogP contribution is -2.32. The maximum absolute atomic E-state index is 11.0. The number of nitrogens with zero attached hydrogens (tertiary/aromatic N) is 1. The van der Waals surface area contributed by atoms with Crippen molar-refractivity contribution in [2.45, 2.75) is 25.8 Å². The van der Waals surface area contributed by atoms with Gasteiger partial charge in [0.1, 0.15) is 0 Å². The van der Waals surface area contributed by atoms with Crippen LogP contribution in [0.3, 0.4) is 0 Å². The Morgan fingerprint density at radius 1 is 1.38 bits per heavy atom. The summed E-state index contributed by atoms with van der Waals surface area (Å²) in [5.74, 6) is 0. The Labute approximate surface area is 136 Å². The Balaban J connectivity index is 2.04. The fraction of sp³-hybridized carbons (Fsp3) is 0.333. The van der Waals surface area contributed by atoms with Crippen LogP contribution in [-0.2, 0) is 12.0 Å². The Kier molecular flexibility index (Phi) is 5.13. The summed E-state index contributed by atoms with van der Waals surface area (Å²) in [4.78, 5) is 12.0. The lowest BCUT2D eigenvalue weighted by atomic mass is 9.91. The summed E-state index contributed by atoms with van der Waals surface area (Å²) in [5.41, 5.74) is 0.852. The van der Waals surface area contributed by atoms with E-state index in [2.05, 4.69) is 46.5 Å². The minimum absolute atomic E-state index is 0.00889. The number of halogens is 1. The molecule has 0 bridgehead atoms. The molecular weight excluding hydrogens is 352 g/mol. The van der Waals surface area contributed by atoms with Gasteiger partial charge < -0.3 is 5.32 Å². The third-order valence-electron chi connectivity index (χ3n) is 3.31. The number of hydrogen-bond acceptors (Lipinski definition) is 4. The van der Waals surface area contributed by atoms with Gasteiger partial charge in [-0.1, -0.05) is 35.8 Å². The molecule has 1 aromatic heterocycles. The van der Waals surface area contributed by atoms with Crippen LogP contribution in [0.1, 0.15) is 24.3 Å². The zero-order chi connectivity index (χ0) is 15.5. The standard InChI is InChI=1S/C15H17BrN2O2S/c1-15(2,14-4-3-7-21-14)10-17-9-11-8-12(16)5-6-13(11)18(19)20/h3-8,17H,9-10H2,1-2H3. The number of nitro benzene ring substituents is 1. The largest absolute Gasteiger partial charge is 0.312 e. The molecule has 0 unspecified atom stereocenters. The molecule has 2 aromatic rings. The minimum Gasteiger partial charge on any atom is -0.312 e. The molecule has 21 heavy (non-hydrogen) atoms. The van der Waals surface area contributed by atoms with Crippen LogP contribution in [0.5, 0.6) is 0 Å². The van der Waals surface area contributed by atoms with E-state index < -0.39 is 0 Å². The summed E-state index contributed by atoms with van der Waals surface area (Å²) in [6.45, 7) is 5.57. The van der Waals surface area contributed by atoms with Gasteiger partial charge in [0.25, 0.3) is 5.69 Å². The van der Waals surface area contributed by atoms with Crippen LogP contribution in [0.25, 0.3) is 0 Å². The van der Waals surface area contributed by atoms with E-state index in [4.69, 9.17) is 0 Å². The molecule has 6 heteroatoms. The van der Waals surface area contributed by atoms with Gasteiger partial charge in [-0.2, -0.15) is 0 Å². The average Bonchev–Trinajstić information content (AvgIpc) is 2.92. The molecule has 0 saturated carbocycles. The van der Waals surface area contributed by atoms with E-state index in [0.717, 1.165) is 11.0 Å². The first-order valence-corrected chi connectivity index (χ1v) is 8.25. The van der Waals surface area contributed by atoms with Gasteiger partial charge in [-0.3, -0.25) is 10.1 Å². The average molecular weight is 369 g/mol. The first-order chi connectivity index (χ1) is 9.90. The van der Waals surface area contributed by atoms with Gasteiger partial charge in [0.05, 0.1) is 4.92 Å². The Morgan fingerprint density at radius 3 is 2.76 bits per heavy atom. The van der Waals surface area contributed by atoms with Crippen LogP contribution in [0.2, 0.25) is 0 Å². The highest BCUT2D eigenvalue weighted by Crippen LogP contribution is 2.27. The van der Waals surface area contributed by atoms with Gasteiger partial charge in [-0.05, 0) is 23.6 Å². The van der Waals surface area contributed by atoms with Crippen molar-refractivity contribution in [2.75, 3.05) is 6.54 Å². The van der Waals surface area contributed by atoms with Gasteiger partial charge in [0, 0.05) is 39.5 Å². The minimum atomic E-state index is -0.339. The topological polar surface area (TPSA) is 55.2 Å². The second kappa shape index (κ2) is 6.68. The van der Waals surface area contributed by atoms with E-state index >= 15 is 0 Å². The van der Waals surface area contributed by atoms with Gasteiger partial charge in [-0.25, -0.2) is 0 Å². The SMILES string of the molecule is CC(C)(CNCc1cc(Br)ccc1[N+](=O)[O-])c1cccs1. The molecule has 0 radical (unpaired) electrons. The molecule has 1 aromatic carbocycles. The Hall–Kier alpha value is -1.24. The third-order valence-corrected chi connectivity index (χ3v) is 5.04. The summed E-state index contributed by atoms with van der Waals surface area (Å²) in [6, 6.07) is 9.18. The molecule has 0 amide bonds. The molecule has 1 heterocycles. The van der Waals surface area contributed by atoms with Crippen LogP contribution < -0.4 is 5.32 Å². The molecule has 0 aliphatic carbocycles. The van der Waals surface area contributed by atoms with E-state index in [-0.39, 0.29) is 16.0 Å². The summed E-state index contributed by atoms with van der Waals surface area (Å²) in [5, 5.41) is 16.4. The van der Waals surface area contributed by atoms with Gasteiger partial charge in [-0.15, -0.1) is 11.3 Å². The molecule has 112 valence electrons. The second-order valence-corrected chi connectivity index (χ2v) is 7.36.